The van der Waals surface area contributed by atoms with Gasteiger partial charge in [-0.25, -0.2) is 13.2 Å². The average molecular weight is 312 g/mol. The van der Waals surface area contributed by atoms with Gasteiger partial charge in [0.25, 0.3) is 10.0 Å². The Kier molecular flexibility index (Phi) is 4.13. The molecule has 2 rings (SSSR count). The van der Waals surface area contributed by atoms with Crippen LogP contribution in [0.2, 0.25) is 0 Å². The molecule has 9 heteroatoms. The molecule has 0 spiro atoms. The molecule has 21 heavy (non-hydrogen) atoms. The SMILES string of the molecule is Cc1cc(NS(=O)(=O)c2ccc(OCC(=O)O)cc2)no1. The largest absolute Gasteiger partial charge is 0.482 e. The van der Waals surface area contributed by atoms with Gasteiger partial charge in [0, 0.05) is 6.07 Å². The van der Waals surface area contributed by atoms with E-state index in [-0.39, 0.29) is 16.5 Å². The minimum absolute atomic E-state index is 0.00849. The summed E-state index contributed by atoms with van der Waals surface area (Å²) >= 11 is 0. The first-order chi connectivity index (χ1) is 9.87. The fourth-order valence-corrected chi connectivity index (χ4v) is 2.45. The Bertz CT molecular complexity index is 735. The first-order valence-corrected chi connectivity index (χ1v) is 7.26. The lowest BCUT2D eigenvalue weighted by Gasteiger charge is -2.06. The summed E-state index contributed by atoms with van der Waals surface area (Å²) in [5.41, 5.74) is 0. The first kappa shape index (κ1) is 14.9. The standard InChI is InChI=1S/C12H12N2O6S/c1-8-6-11(13-20-8)14-21(17,18)10-4-2-9(3-5-10)19-7-12(15)16/h2-6H,7H2,1H3,(H,13,14)(H,15,16). The molecule has 8 nitrogen and oxygen atoms in total. The van der Waals surface area contributed by atoms with Crippen LogP contribution in [0.25, 0.3) is 0 Å². The summed E-state index contributed by atoms with van der Waals surface area (Å²) < 4.78 is 36.1. The summed E-state index contributed by atoms with van der Waals surface area (Å²) in [5, 5.41) is 12.0. The molecule has 0 radical (unpaired) electrons. The Morgan fingerprint density at radius 3 is 2.57 bits per heavy atom. The molecule has 0 unspecified atom stereocenters. The molecule has 0 saturated heterocycles. The number of carboxylic acid groups (broad SMARTS) is 1. The van der Waals surface area contributed by atoms with Crippen LogP contribution in [0.5, 0.6) is 5.75 Å². The molecule has 0 bridgehead atoms. The minimum atomic E-state index is -3.79. The number of aromatic nitrogens is 1. The smallest absolute Gasteiger partial charge is 0.341 e. The van der Waals surface area contributed by atoms with E-state index in [0.29, 0.717) is 5.76 Å². The van der Waals surface area contributed by atoms with E-state index in [1.165, 1.54) is 30.3 Å². The summed E-state index contributed by atoms with van der Waals surface area (Å²) in [6, 6.07) is 6.78. The number of hydrogen-bond donors (Lipinski definition) is 2. The van der Waals surface area contributed by atoms with Gasteiger partial charge in [-0.15, -0.1) is 0 Å². The van der Waals surface area contributed by atoms with Gasteiger partial charge in [0.15, 0.2) is 12.4 Å². The van der Waals surface area contributed by atoms with Crippen molar-refractivity contribution in [3.8, 4) is 5.75 Å². The fraction of sp³-hybridized carbons (Fsp3) is 0.167. The lowest BCUT2D eigenvalue weighted by atomic mass is 10.3. The number of nitrogens with zero attached hydrogens (tertiary/aromatic N) is 1. The average Bonchev–Trinajstić information content (AvgIpc) is 2.81. The molecule has 112 valence electrons. The number of benzene rings is 1. The van der Waals surface area contributed by atoms with Crippen molar-refractivity contribution in [2.75, 3.05) is 11.3 Å². The van der Waals surface area contributed by atoms with Crippen molar-refractivity contribution < 1.29 is 27.6 Å². The molecule has 0 fully saturated rings. The van der Waals surface area contributed by atoms with Gasteiger partial charge in [-0.05, 0) is 31.2 Å². The van der Waals surface area contributed by atoms with Crippen LogP contribution in [-0.4, -0.2) is 31.3 Å². The third-order valence-corrected chi connectivity index (χ3v) is 3.73. The summed E-state index contributed by atoms with van der Waals surface area (Å²) in [6.07, 6.45) is 0. The third-order valence-electron chi connectivity index (χ3n) is 2.36. The van der Waals surface area contributed by atoms with Gasteiger partial charge in [-0.1, -0.05) is 5.16 Å². The van der Waals surface area contributed by atoms with E-state index in [4.69, 9.17) is 14.4 Å². The van der Waals surface area contributed by atoms with Crippen LogP contribution < -0.4 is 9.46 Å². The van der Waals surface area contributed by atoms with Crippen molar-refractivity contribution in [1.29, 1.82) is 0 Å². The van der Waals surface area contributed by atoms with Crippen LogP contribution in [0.15, 0.2) is 39.8 Å². The number of hydrogen-bond acceptors (Lipinski definition) is 6. The van der Waals surface area contributed by atoms with E-state index in [2.05, 4.69) is 9.88 Å². The maximum Gasteiger partial charge on any atom is 0.341 e. The first-order valence-electron chi connectivity index (χ1n) is 5.77. The molecule has 1 heterocycles. The van der Waals surface area contributed by atoms with Crippen molar-refractivity contribution in [3.05, 3.63) is 36.1 Å². The number of carbonyl (C=O) groups is 1. The lowest BCUT2D eigenvalue weighted by Crippen LogP contribution is -2.13. The zero-order valence-corrected chi connectivity index (χ0v) is 11.8. The number of rotatable bonds is 6. The second-order valence-electron chi connectivity index (χ2n) is 4.08. The predicted octanol–water partition coefficient (Wildman–Crippen LogP) is 1.25. The molecule has 2 N–H and O–H groups in total. The highest BCUT2D eigenvalue weighted by atomic mass is 32.2. The summed E-state index contributed by atoms with van der Waals surface area (Å²) in [4.78, 5) is 10.3. The van der Waals surface area contributed by atoms with E-state index in [1.807, 2.05) is 0 Å². The van der Waals surface area contributed by atoms with Crippen LogP contribution in [0.3, 0.4) is 0 Å². The van der Waals surface area contributed by atoms with E-state index in [9.17, 15) is 13.2 Å². The Morgan fingerprint density at radius 2 is 2.05 bits per heavy atom. The van der Waals surface area contributed by atoms with Crippen molar-refractivity contribution >= 4 is 21.8 Å². The number of nitrogens with one attached hydrogen (secondary N) is 1. The number of aliphatic carboxylic acids is 1. The molecule has 0 aliphatic heterocycles. The van der Waals surface area contributed by atoms with Gasteiger partial charge in [-0.3, -0.25) is 4.72 Å². The Labute approximate surface area is 120 Å². The zero-order chi connectivity index (χ0) is 15.5. The molecule has 0 amide bonds. The second kappa shape index (κ2) is 5.83. The van der Waals surface area contributed by atoms with Gasteiger partial charge in [-0.2, -0.15) is 0 Å². The summed E-state index contributed by atoms with van der Waals surface area (Å²) in [5.74, 6) is -0.299. The van der Waals surface area contributed by atoms with Crippen molar-refractivity contribution in [2.24, 2.45) is 0 Å². The summed E-state index contributed by atoms with van der Waals surface area (Å²) in [6.45, 7) is 1.14. The van der Waals surface area contributed by atoms with Crippen LogP contribution in [-0.2, 0) is 14.8 Å². The van der Waals surface area contributed by atoms with Gasteiger partial charge in [0.2, 0.25) is 0 Å². The zero-order valence-electron chi connectivity index (χ0n) is 10.9. The molecular weight excluding hydrogens is 300 g/mol. The van der Waals surface area contributed by atoms with Crippen LogP contribution in [0.1, 0.15) is 5.76 Å². The molecular formula is C12H12N2O6S. The van der Waals surface area contributed by atoms with Gasteiger partial charge in [0.1, 0.15) is 11.5 Å². The Balaban J connectivity index is 2.11. The van der Waals surface area contributed by atoms with Crippen molar-refractivity contribution in [3.63, 3.8) is 0 Å². The maximum atomic E-state index is 12.1. The van der Waals surface area contributed by atoms with E-state index in [0.717, 1.165) is 0 Å². The fourth-order valence-electron chi connectivity index (χ4n) is 1.47. The van der Waals surface area contributed by atoms with E-state index >= 15 is 0 Å². The molecule has 0 saturated carbocycles. The maximum absolute atomic E-state index is 12.1. The molecule has 0 aliphatic rings. The molecule has 0 aliphatic carbocycles. The molecule has 1 aromatic heterocycles. The highest BCUT2D eigenvalue weighted by Gasteiger charge is 2.16. The number of ether oxygens (including phenoxy) is 1. The monoisotopic (exact) mass is 312 g/mol. The Hall–Kier alpha value is -2.55. The predicted molar refractivity (Wildman–Crippen MR) is 71.6 cm³/mol. The molecule has 1 aromatic carbocycles. The highest BCUT2D eigenvalue weighted by molar-refractivity contribution is 7.92. The second-order valence-corrected chi connectivity index (χ2v) is 5.76. The lowest BCUT2D eigenvalue weighted by molar-refractivity contribution is -0.139. The van der Waals surface area contributed by atoms with Crippen LogP contribution >= 0.6 is 0 Å². The van der Waals surface area contributed by atoms with E-state index < -0.39 is 22.6 Å². The van der Waals surface area contributed by atoms with Gasteiger partial charge < -0.3 is 14.4 Å². The topological polar surface area (TPSA) is 119 Å². The third kappa shape index (κ3) is 3.96. The molecule has 0 atom stereocenters. The van der Waals surface area contributed by atoms with Crippen molar-refractivity contribution in [2.45, 2.75) is 11.8 Å². The summed E-state index contributed by atoms with van der Waals surface area (Å²) in [7, 11) is -3.79. The highest BCUT2D eigenvalue weighted by Crippen LogP contribution is 2.19. The van der Waals surface area contributed by atoms with Gasteiger partial charge >= 0.3 is 5.97 Å². The van der Waals surface area contributed by atoms with E-state index in [1.54, 1.807) is 6.92 Å². The normalized spacial score (nSPS) is 11.1. The number of carboxylic acids is 1. The van der Waals surface area contributed by atoms with Crippen molar-refractivity contribution in [1.82, 2.24) is 5.16 Å². The number of sulfonamides is 1. The van der Waals surface area contributed by atoms with Crippen LogP contribution in [0.4, 0.5) is 5.82 Å². The quantitative estimate of drug-likeness (QED) is 0.823. The Morgan fingerprint density at radius 1 is 1.38 bits per heavy atom. The van der Waals surface area contributed by atoms with Gasteiger partial charge in [0.05, 0.1) is 4.90 Å². The molecule has 2 aromatic rings. The minimum Gasteiger partial charge on any atom is -0.482 e. The van der Waals surface area contributed by atoms with Crippen LogP contribution in [0, 0.1) is 6.92 Å². The number of anilines is 1. The number of aryl methyl sites for hydroxylation is 1.